The second-order valence-electron chi connectivity index (χ2n) is 4.81. The average Bonchev–Trinajstić information content (AvgIpc) is 3.13. The Morgan fingerprint density at radius 2 is 2.05 bits per heavy atom. The highest BCUT2D eigenvalue weighted by atomic mass is 15.1. The van der Waals surface area contributed by atoms with E-state index < -0.39 is 0 Å². The van der Waals surface area contributed by atoms with Gasteiger partial charge in [-0.15, -0.1) is 0 Å². The standard InChI is InChI=1S/C15H12N6/c1-9-11(7-19-21-9)13-8-18-15-14(20-13)12(6-17-15)10-3-2-4-16-5-10/h2-8H,1H3,(H,17,18)(H,19,21). The van der Waals surface area contributed by atoms with Crippen molar-refractivity contribution in [3.63, 3.8) is 0 Å². The van der Waals surface area contributed by atoms with Gasteiger partial charge in [-0.25, -0.2) is 9.97 Å². The molecule has 6 heteroatoms. The number of pyridine rings is 1. The first kappa shape index (κ1) is 11.8. The number of aryl methyl sites for hydroxylation is 1. The summed E-state index contributed by atoms with van der Waals surface area (Å²) in [6, 6.07) is 3.92. The minimum absolute atomic E-state index is 0.763. The molecule has 6 nitrogen and oxygen atoms in total. The van der Waals surface area contributed by atoms with Gasteiger partial charge in [-0.05, 0) is 13.0 Å². The summed E-state index contributed by atoms with van der Waals surface area (Å²) in [6.07, 6.45) is 9.00. The van der Waals surface area contributed by atoms with Gasteiger partial charge >= 0.3 is 0 Å². The predicted octanol–water partition coefficient (Wildman–Crippen LogP) is 2.72. The van der Waals surface area contributed by atoms with E-state index in [1.54, 1.807) is 18.6 Å². The van der Waals surface area contributed by atoms with Crippen molar-refractivity contribution in [1.82, 2.24) is 30.1 Å². The second kappa shape index (κ2) is 4.52. The minimum Gasteiger partial charge on any atom is -0.344 e. The first-order valence-electron chi connectivity index (χ1n) is 6.58. The Morgan fingerprint density at radius 1 is 1.10 bits per heavy atom. The van der Waals surface area contributed by atoms with E-state index in [9.17, 15) is 0 Å². The van der Waals surface area contributed by atoms with Crippen LogP contribution in [0.5, 0.6) is 0 Å². The molecule has 0 fully saturated rings. The number of hydrogen-bond acceptors (Lipinski definition) is 4. The molecule has 21 heavy (non-hydrogen) atoms. The van der Waals surface area contributed by atoms with Crippen molar-refractivity contribution >= 4 is 11.2 Å². The highest BCUT2D eigenvalue weighted by Gasteiger charge is 2.12. The van der Waals surface area contributed by atoms with E-state index in [-0.39, 0.29) is 0 Å². The number of aromatic nitrogens is 6. The van der Waals surface area contributed by atoms with Gasteiger partial charge in [0.15, 0.2) is 5.65 Å². The maximum absolute atomic E-state index is 4.73. The fourth-order valence-electron chi connectivity index (χ4n) is 2.37. The normalized spacial score (nSPS) is 11.1. The summed E-state index contributed by atoms with van der Waals surface area (Å²) in [6.45, 7) is 1.97. The number of nitrogens with zero attached hydrogens (tertiary/aromatic N) is 4. The number of nitrogens with one attached hydrogen (secondary N) is 2. The van der Waals surface area contributed by atoms with Crippen LogP contribution in [0.25, 0.3) is 33.5 Å². The molecule has 0 atom stereocenters. The summed E-state index contributed by atoms with van der Waals surface area (Å²) in [4.78, 5) is 16.5. The lowest BCUT2D eigenvalue weighted by molar-refractivity contribution is 1.05. The van der Waals surface area contributed by atoms with Crippen LogP contribution in [0.4, 0.5) is 0 Å². The molecule has 0 bridgehead atoms. The number of hydrogen-bond donors (Lipinski definition) is 2. The molecule has 102 valence electrons. The van der Waals surface area contributed by atoms with Crippen molar-refractivity contribution in [3.05, 3.63) is 48.8 Å². The van der Waals surface area contributed by atoms with E-state index in [4.69, 9.17) is 4.98 Å². The molecule has 0 saturated heterocycles. The summed E-state index contributed by atoms with van der Waals surface area (Å²) in [5, 5.41) is 6.96. The molecule has 0 saturated carbocycles. The second-order valence-corrected chi connectivity index (χ2v) is 4.81. The van der Waals surface area contributed by atoms with Crippen molar-refractivity contribution in [2.75, 3.05) is 0 Å². The molecule has 2 N–H and O–H groups in total. The first-order chi connectivity index (χ1) is 10.3. The summed E-state index contributed by atoms with van der Waals surface area (Å²) in [5.74, 6) is 0. The lowest BCUT2D eigenvalue weighted by atomic mass is 10.1. The number of aromatic amines is 2. The molecule has 0 aliphatic heterocycles. The highest BCUT2D eigenvalue weighted by Crippen LogP contribution is 2.28. The van der Waals surface area contributed by atoms with E-state index in [1.807, 2.05) is 31.5 Å². The van der Waals surface area contributed by atoms with E-state index in [0.29, 0.717) is 0 Å². The van der Waals surface area contributed by atoms with Gasteiger partial charge in [-0.3, -0.25) is 10.1 Å². The van der Waals surface area contributed by atoms with Crippen LogP contribution in [-0.2, 0) is 0 Å². The quantitative estimate of drug-likeness (QED) is 0.589. The van der Waals surface area contributed by atoms with Gasteiger partial charge in [-0.1, -0.05) is 6.07 Å². The Balaban J connectivity index is 1.93. The number of H-pyrrole nitrogens is 2. The fourth-order valence-corrected chi connectivity index (χ4v) is 2.37. The summed E-state index contributed by atoms with van der Waals surface area (Å²) in [5.41, 5.74) is 6.34. The minimum atomic E-state index is 0.763. The van der Waals surface area contributed by atoms with E-state index in [2.05, 4.69) is 25.1 Å². The van der Waals surface area contributed by atoms with Crippen LogP contribution in [-0.4, -0.2) is 30.1 Å². The van der Waals surface area contributed by atoms with E-state index in [0.717, 1.165) is 39.2 Å². The zero-order valence-corrected chi connectivity index (χ0v) is 11.3. The van der Waals surface area contributed by atoms with Gasteiger partial charge < -0.3 is 4.98 Å². The molecule has 0 amide bonds. The lowest BCUT2D eigenvalue weighted by Crippen LogP contribution is -1.89. The summed E-state index contributed by atoms with van der Waals surface area (Å²) >= 11 is 0. The molecule has 0 radical (unpaired) electrons. The first-order valence-corrected chi connectivity index (χ1v) is 6.58. The van der Waals surface area contributed by atoms with Gasteiger partial charge in [0, 0.05) is 41.0 Å². The summed E-state index contributed by atoms with van der Waals surface area (Å²) < 4.78 is 0. The number of fused-ring (bicyclic) bond motifs is 1. The fraction of sp³-hybridized carbons (Fsp3) is 0.0667. The monoisotopic (exact) mass is 276 g/mol. The molecule has 0 spiro atoms. The highest BCUT2D eigenvalue weighted by molar-refractivity contribution is 5.91. The van der Waals surface area contributed by atoms with Crippen LogP contribution in [0, 0.1) is 6.92 Å². The molecule has 0 aliphatic carbocycles. The van der Waals surface area contributed by atoms with Crippen molar-refractivity contribution in [2.24, 2.45) is 0 Å². The molecule has 4 aromatic heterocycles. The Morgan fingerprint density at radius 3 is 2.81 bits per heavy atom. The van der Waals surface area contributed by atoms with Crippen LogP contribution in [0.15, 0.2) is 43.1 Å². The molecule has 0 aliphatic rings. The van der Waals surface area contributed by atoms with E-state index in [1.165, 1.54) is 0 Å². The smallest absolute Gasteiger partial charge is 0.156 e. The topological polar surface area (TPSA) is 83.1 Å². The van der Waals surface area contributed by atoms with Crippen molar-refractivity contribution in [2.45, 2.75) is 6.92 Å². The zero-order valence-electron chi connectivity index (χ0n) is 11.3. The third-order valence-corrected chi connectivity index (χ3v) is 3.46. The maximum atomic E-state index is 4.73. The van der Waals surface area contributed by atoms with Gasteiger partial charge in [0.2, 0.25) is 0 Å². The average molecular weight is 276 g/mol. The largest absolute Gasteiger partial charge is 0.344 e. The summed E-state index contributed by atoms with van der Waals surface area (Å²) in [7, 11) is 0. The van der Waals surface area contributed by atoms with Gasteiger partial charge in [0.05, 0.1) is 18.1 Å². The molecule has 0 aromatic carbocycles. The van der Waals surface area contributed by atoms with Crippen LogP contribution >= 0.6 is 0 Å². The Bertz CT molecular complexity index is 906. The Kier molecular flexibility index (Phi) is 2.53. The Hall–Kier alpha value is -3.02. The predicted molar refractivity (Wildman–Crippen MR) is 79.4 cm³/mol. The Labute approximate surface area is 120 Å². The van der Waals surface area contributed by atoms with Crippen LogP contribution in [0.1, 0.15) is 5.69 Å². The third kappa shape index (κ3) is 1.88. The van der Waals surface area contributed by atoms with E-state index >= 15 is 0 Å². The lowest BCUT2D eigenvalue weighted by Gasteiger charge is -2.01. The molecular weight excluding hydrogens is 264 g/mol. The molecule has 4 heterocycles. The van der Waals surface area contributed by atoms with Crippen molar-refractivity contribution < 1.29 is 0 Å². The van der Waals surface area contributed by atoms with Crippen LogP contribution < -0.4 is 0 Å². The maximum Gasteiger partial charge on any atom is 0.156 e. The van der Waals surface area contributed by atoms with Crippen molar-refractivity contribution in [3.8, 4) is 22.4 Å². The molecule has 4 rings (SSSR count). The zero-order chi connectivity index (χ0) is 14.2. The van der Waals surface area contributed by atoms with Gasteiger partial charge in [0.25, 0.3) is 0 Å². The molecule has 4 aromatic rings. The van der Waals surface area contributed by atoms with Crippen molar-refractivity contribution in [1.29, 1.82) is 0 Å². The van der Waals surface area contributed by atoms with Gasteiger partial charge in [-0.2, -0.15) is 5.10 Å². The SMILES string of the molecule is Cc1[nH]ncc1-c1cnc2[nH]cc(-c3cccnc3)c2n1. The molecule has 0 unspecified atom stereocenters. The molecular formula is C15H12N6. The number of rotatable bonds is 2. The van der Waals surface area contributed by atoms with Crippen LogP contribution in [0.2, 0.25) is 0 Å². The third-order valence-electron chi connectivity index (χ3n) is 3.46. The van der Waals surface area contributed by atoms with Crippen LogP contribution in [0.3, 0.4) is 0 Å². The van der Waals surface area contributed by atoms with Gasteiger partial charge in [0.1, 0.15) is 5.52 Å².